The topological polar surface area (TPSA) is 63.4 Å². The number of benzene rings is 1. The number of primary amides is 1. The highest BCUT2D eigenvalue weighted by atomic mass is 19.1. The van der Waals surface area contributed by atoms with Crippen LogP contribution in [-0.4, -0.2) is 30.3 Å². The Labute approximate surface area is 98.2 Å². The first kappa shape index (κ1) is 11.6. The normalized spacial score (nSPS) is 24.1. The summed E-state index contributed by atoms with van der Waals surface area (Å²) in [6.07, 6.45) is 0.221. The highest BCUT2D eigenvalue weighted by molar-refractivity contribution is 6.11. The van der Waals surface area contributed by atoms with Gasteiger partial charge in [0.1, 0.15) is 5.82 Å². The summed E-state index contributed by atoms with van der Waals surface area (Å²) >= 11 is 0. The van der Waals surface area contributed by atoms with Gasteiger partial charge in [0.25, 0.3) is 0 Å². The number of halogens is 1. The van der Waals surface area contributed by atoms with Gasteiger partial charge in [-0.3, -0.25) is 9.59 Å². The second-order valence-electron chi connectivity index (χ2n) is 4.23. The summed E-state index contributed by atoms with van der Waals surface area (Å²) in [6.45, 7) is 0.399. The van der Waals surface area contributed by atoms with E-state index in [2.05, 4.69) is 0 Å². The molecule has 1 aliphatic heterocycles. The standard InChI is InChI=1S/C12H13FN2O2/c1-15-7-6-12(10(14)16,11(15)17)8-4-2-3-5-9(8)13/h2-5H,6-7H2,1H3,(H2,14,16). The maximum atomic E-state index is 13.8. The van der Waals surface area contributed by atoms with Crippen molar-refractivity contribution in [2.45, 2.75) is 11.8 Å². The molecule has 1 atom stereocenters. The second kappa shape index (κ2) is 3.84. The summed E-state index contributed by atoms with van der Waals surface area (Å²) in [5.41, 5.74) is 3.86. The van der Waals surface area contributed by atoms with Crippen LogP contribution in [0.4, 0.5) is 4.39 Å². The third-order valence-electron chi connectivity index (χ3n) is 3.29. The molecule has 0 aliphatic carbocycles. The average Bonchev–Trinajstić information content (AvgIpc) is 2.58. The fourth-order valence-corrected chi connectivity index (χ4v) is 2.29. The van der Waals surface area contributed by atoms with Crippen molar-refractivity contribution in [1.29, 1.82) is 0 Å². The molecule has 0 spiro atoms. The van der Waals surface area contributed by atoms with Gasteiger partial charge in [0.05, 0.1) is 0 Å². The molecule has 4 nitrogen and oxygen atoms in total. The summed E-state index contributed by atoms with van der Waals surface area (Å²) in [5.74, 6) is -1.80. The van der Waals surface area contributed by atoms with Crippen LogP contribution in [0.2, 0.25) is 0 Å². The third kappa shape index (κ3) is 1.50. The number of carbonyl (C=O) groups excluding carboxylic acids is 2. The molecule has 17 heavy (non-hydrogen) atoms. The van der Waals surface area contributed by atoms with E-state index in [1.165, 1.54) is 23.1 Å². The van der Waals surface area contributed by atoms with Crippen molar-refractivity contribution >= 4 is 11.8 Å². The minimum Gasteiger partial charge on any atom is -0.368 e. The molecule has 0 saturated carbocycles. The predicted octanol–water partition coefficient (Wildman–Crippen LogP) is 0.411. The Balaban J connectivity index is 2.62. The van der Waals surface area contributed by atoms with Crippen molar-refractivity contribution in [2.75, 3.05) is 13.6 Å². The number of hydrogen-bond acceptors (Lipinski definition) is 2. The summed E-state index contributed by atoms with van der Waals surface area (Å²) in [5, 5.41) is 0. The molecule has 0 aromatic heterocycles. The number of rotatable bonds is 2. The van der Waals surface area contributed by atoms with E-state index in [0.717, 1.165) is 0 Å². The van der Waals surface area contributed by atoms with E-state index in [1.807, 2.05) is 0 Å². The molecule has 1 unspecified atom stereocenters. The number of likely N-dealkylation sites (N-methyl/N-ethyl adjacent to an activating group) is 1. The Morgan fingerprint density at radius 3 is 2.59 bits per heavy atom. The van der Waals surface area contributed by atoms with Crippen LogP contribution in [0.25, 0.3) is 0 Å². The number of nitrogens with two attached hydrogens (primary N) is 1. The lowest BCUT2D eigenvalue weighted by Crippen LogP contribution is -2.47. The molecule has 2 N–H and O–H groups in total. The number of likely N-dealkylation sites (tertiary alicyclic amines) is 1. The minimum atomic E-state index is -1.54. The van der Waals surface area contributed by atoms with Crippen LogP contribution in [0, 0.1) is 5.82 Å². The quantitative estimate of drug-likeness (QED) is 0.756. The molecule has 0 bridgehead atoms. The van der Waals surface area contributed by atoms with Crippen molar-refractivity contribution in [1.82, 2.24) is 4.90 Å². The Bertz CT molecular complexity index is 489. The predicted molar refractivity (Wildman–Crippen MR) is 59.5 cm³/mol. The van der Waals surface area contributed by atoms with Crippen LogP contribution in [0.5, 0.6) is 0 Å². The first-order valence-electron chi connectivity index (χ1n) is 5.30. The van der Waals surface area contributed by atoms with Gasteiger partial charge in [0.2, 0.25) is 11.8 Å². The summed E-state index contributed by atoms with van der Waals surface area (Å²) in [7, 11) is 1.58. The van der Waals surface area contributed by atoms with Gasteiger partial charge >= 0.3 is 0 Å². The zero-order valence-electron chi connectivity index (χ0n) is 9.44. The first-order chi connectivity index (χ1) is 8.00. The third-order valence-corrected chi connectivity index (χ3v) is 3.29. The van der Waals surface area contributed by atoms with Gasteiger partial charge in [-0.15, -0.1) is 0 Å². The van der Waals surface area contributed by atoms with Gasteiger partial charge < -0.3 is 10.6 Å². The van der Waals surface area contributed by atoms with E-state index in [1.54, 1.807) is 13.1 Å². The van der Waals surface area contributed by atoms with Crippen molar-refractivity contribution in [3.8, 4) is 0 Å². The van der Waals surface area contributed by atoms with Gasteiger partial charge in [-0.25, -0.2) is 4.39 Å². The average molecular weight is 236 g/mol. The van der Waals surface area contributed by atoms with E-state index in [0.29, 0.717) is 6.54 Å². The second-order valence-corrected chi connectivity index (χ2v) is 4.23. The molecule has 1 aromatic rings. The molecule has 1 saturated heterocycles. The largest absolute Gasteiger partial charge is 0.368 e. The van der Waals surface area contributed by atoms with Crippen LogP contribution in [0.3, 0.4) is 0 Å². The highest BCUT2D eigenvalue weighted by Crippen LogP contribution is 2.36. The van der Waals surface area contributed by atoms with Crippen LogP contribution < -0.4 is 5.73 Å². The summed E-state index contributed by atoms with van der Waals surface area (Å²) < 4.78 is 13.8. The van der Waals surface area contributed by atoms with Crippen LogP contribution >= 0.6 is 0 Å². The minimum absolute atomic E-state index is 0.0712. The fraction of sp³-hybridized carbons (Fsp3) is 0.333. The van der Waals surface area contributed by atoms with E-state index in [4.69, 9.17) is 5.73 Å². The Morgan fingerprint density at radius 2 is 2.12 bits per heavy atom. The fourth-order valence-electron chi connectivity index (χ4n) is 2.29. The molecule has 1 aliphatic rings. The van der Waals surface area contributed by atoms with Crippen LogP contribution in [0.15, 0.2) is 24.3 Å². The molecule has 1 heterocycles. The van der Waals surface area contributed by atoms with Crippen molar-refractivity contribution < 1.29 is 14.0 Å². The van der Waals surface area contributed by atoms with Gasteiger partial charge in [0.15, 0.2) is 5.41 Å². The zero-order valence-corrected chi connectivity index (χ0v) is 9.44. The van der Waals surface area contributed by atoms with E-state index >= 15 is 0 Å². The maximum Gasteiger partial charge on any atom is 0.242 e. The molecule has 90 valence electrons. The van der Waals surface area contributed by atoms with E-state index in [-0.39, 0.29) is 12.0 Å². The lowest BCUT2D eigenvalue weighted by Gasteiger charge is -2.24. The zero-order chi connectivity index (χ0) is 12.6. The number of hydrogen-bond donors (Lipinski definition) is 1. The maximum absolute atomic E-state index is 13.8. The highest BCUT2D eigenvalue weighted by Gasteiger charge is 2.53. The number of carbonyl (C=O) groups is 2. The molecule has 5 heteroatoms. The Hall–Kier alpha value is -1.91. The molecule has 0 radical (unpaired) electrons. The van der Waals surface area contributed by atoms with Crippen LogP contribution in [-0.2, 0) is 15.0 Å². The lowest BCUT2D eigenvalue weighted by molar-refractivity contribution is -0.138. The summed E-state index contributed by atoms with van der Waals surface area (Å²) in [4.78, 5) is 25.1. The molecule has 1 fully saturated rings. The molecule has 1 aromatic carbocycles. The molecule has 2 rings (SSSR count). The molecular weight excluding hydrogens is 223 g/mol. The van der Waals surface area contributed by atoms with Crippen molar-refractivity contribution in [3.05, 3.63) is 35.6 Å². The van der Waals surface area contributed by atoms with Crippen molar-refractivity contribution in [2.24, 2.45) is 5.73 Å². The number of amides is 2. The first-order valence-corrected chi connectivity index (χ1v) is 5.30. The van der Waals surface area contributed by atoms with E-state index < -0.39 is 23.0 Å². The molecule has 2 amide bonds. The Morgan fingerprint density at radius 1 is 1.47 bits per heavy atom. The summed E-state index contributed by atoms with van der Waals surface area (Å²) in [6, 6.07) is 5.77. The Kier molecular flexibility index (Phi) is 2.61. The van der Waals surface area contributed by atoms with Crippen LogP contribution in [0.1, 0.15) is 12.0 Å². The number of nitrogens with zero attached hydrogens (tertiary/aromatic N) is 1. The monoisotopic (exact) mass is 236 g/mol. The van der Waals surface area contributed by atoms with Crippen molar-refractivity contribution in [3.63, 3.8) is 0 Å². The van der Waals surface area contributed by atoms with Gasteiger partial charge in [-0.05, 0) is 12.5 Å². The van der Waals surface area contributed by atoms with Gasteiger partial charge in [-0.1, -0.05) is 18.2 Å². The van der Waals surface area contributed by atoms with Gasteiger partial charge in [-0.2, -0.15) is 0 Å². The SMILES string of the molecule is CN1CCC(C(N)=O)(c2ccccc2F)C1=O. The molecular formula is C12H13FN2O2. The van der Waals surface area contributed by atoms with E-state index in [9.17, 15) is 14.0 Å². The smallest absolute Gasteiger partial charge is 0.242 e. The van der Waals surface area contributed by atoms with Gasteiger partial charge in [0, 0.05) is 19.2 Å². The lowest BCUT2D eigenvalue weighted by atomic mass is 9.78.